The van der Waals surface area contributed by atoms with Crippen molar-refractivity contribution in [2.24, 2.45) is 5.92 Å². The molecule has 0 saturated carbocycles. The first-order valence-corrected chi connectivity index (χ1v) is 4.95. The summed E-state index contributed by atoms with van der Waals surface area (Å²) in [6.07, 6.45) is 0.400. The summed E-state index contributed by atoms with van der Waals surface area (Å²) in [7, 11) is 0. The van der Waals surface area contributed by atoms with Crippen molar-refractivity contribution in [3.05, 3.63) is 0 Å². The Morgan fingerprint density at radius 3 is 2.50 bits per heavy atom. The van der Waals surface area contributed by atoms with Gasteiger partial charge >= 0.3 is 0 Å². The molecule has 72 valence electrons. The Hall–Kier alpha value is -0.0800. The maximum atomic E-state index is 5.65. The van der Waals surface area contributed by atoms with Crippen molar-refractivity contribution >= 4 is 0 Å². The highest BCUT2D eigenvalue weighted by molar-refractivity contribution is 4.72. The van der Waals surface area contributed by atoms with Gasteiger partial charge in [0.15, 0.2) is 0 Å². The van der Waals surface area contributed by atoms with Crippen LogP contribution in [0.5, 0.6) is 0 Å². The standard InChI is InChI=1S/C10H21NO/c1-8(2)11-5-9(3)7-12-10(4)6-11/h8-10H,5-7H2,1-4H3/t9-,10-/m1/s1. The van der Waals surface area contributed by atoms with E-state index in [4.69, 9.17) is 4.74 Å². The fourth-order valence-electron chi connectivity index (χ4n) is 1.66. The van der Waals surface area contributed by atoms with Gasteiger partial charge < -0.3 is 4.74 Å². The van der Waals surface area contributed by atoms with Crippen LogP contribution in [0.1, 0.15) is 27.7 Å². The minimum Gasteiger partial charge on any atom is -0.377 e. The summed E-state index contributed by atoms with van der Waals surface area (Å²) < 4.78 is 5.65. The highest BCUT2D eigenvalue weighted by Crippen LogP contribution is 2.12. The van der Waals surface area contributed by atoms with Crippen LogP contribution in [-0.4, -0.2) is 36.7 Å². The molecule has 1 aliphatic rings. The van der Waals surface area contributed by atoms with E-state index in [1.165, 1.54) is 6.54 Å². The Morgan fingerprint density at radius 2 is 1.92 bits per heavy atom. The number of ether oxygens (including phenoxy) is 1. The third-order valence-corrected chi connectivity index (χ3v) is 2.43. The van der Waals surface area contributed by atoms with Crippen LogP contribution >= 0.6 is 0 Å². The van der Waals surface area contributed by atoms with Crippen LogP contribution in [-0.2, 0) is 4.74 Å². The molecule has 1 heterocycles. The predicted molar refractivity (Wildman–Crippen MR) is 51.3 cm³/mol. The highest BCUT2D eigenvalue weighted by atomic mass is 16.5. The summed E-state index contributed by atoms with van der Waals surface area (Å²) in [6.45, 7) is 12.1. The molecule has 1 saturated heterocycles. The molecule has 2 heteroatoms. The van der Waals surface area contributed by atoms with Gasteiger partial charge in [-0.25, -0.2) is 0 Å². The number of nitrogens with zero attached hydrogens (tertiary/aromatic N) is 1. The zero-order chi connectivity index (χ0) is 9.14. The lowest BCUT2D eigenvalue weighted by atomic mass is 10.1. The fourth-order valence-corrected chi connectivity index (χ4v) is 1.66. The van der Waals surface area contributed by atoms with Gasteiger partial charge in [-0.3, -0.25) is 4.90 Å². The van der Waals surface area contributed by atoms with Gasteiger partial charge in [0.05, 0.1) is 12.7 Å². The number of hydrogen-bond donors (Lipinski definition) is 0. The molecule has 0 N–H and O–H groups in total. The highest BCUT2D eigenvalue weighted by Gasteiger charge is 2.20. The van der Waals surface area contributed by atoms with Crippen LogP contribution < -0.4 is 0 Å². The van der Waals surface area contributed by atoms with Crippen molar-refractivity contribution in [3.63, 3.8) is 0 Å². The third kappa shape index (κ3) is 2.76. The van der Waals surface area contributed by atoms with E-state index in [1.54, 1.807) is 0 Å². The molecule has 1 fully saturated rings. The molecule has 0 aromatic heterocycles. The lowest BCUT2D eigenvalue weighted by molar-refractivity contribution is 0.0550. The van der Waals surface area contributed by atoms with E-state index in [2.05, 4.69) is 32.6 Å². The second kappa shape index (κ2) is 4.24. The Bertz CT molecular complexity index is 124. The molecule has 0 bridgehead atoms. The van der Waals surface area contributed by atoms with Gasteiger partial charge in [-0.1, -0.05) is 6.92 Å². The topological polar surface area (TPSA) is 12.5 Å². The van der Waals surface area contributed by atoms with E-state index < -0.39 is 0 Å². The van der Waals surface area contributed by atoms with Crippen LogP contribution in [0.15, 0.2) is 0 Å². The van der Waals surface area contributed by atoms with E-state index in [9.17, 15) is 0 Å². The molecule has 0 aromatic rings. The van der Waals surface area contributed by atoms with E-state index in [0.29, 0.717) is 18.1 Å². The van der Waals surface area contributed by atoms with Crippen molar-refractivity contribution in [1.29, 1.82) is 0 Å². The van der Waals surface area contributed by atoms with Gasteiger partial charge in [-0.2, -0.15) is 0 Å². The molecule has 12 heavy (non-hydrogen) atoms. The first kappa shape index (κ1) is 10.0. The summed E-state index contributed by atoms with van der Waals surface area (Å²) in [5, 5.41) is 0. The minimum absolute atomic E-state index is 0.400. The van der Waals surface area contributed by atoms with E-state index in [-0.39, 0.29) is 0 Å². The summed E-state index contributed by atoms with van der Waals surface area (Å²) in [5.41, 5.74) is 0. The maximum absolute atomic E-state index is 5.65. The first-order chi connectivity index (χ1) is 5.59. The smallest absolute Gasteiger partial charge is 0.0674 e. The van der Waals surface area contributed by atoms with Gasteiger partial charge in [-0.15, -0.1) is 0 Å². The van der Waals surface area contributed by atoms with Crippen LogP contribution in [0.25, 0.3) is 0 Å². The van der Waals surface area contributed by atoms with Crippen LogP contribution in [0.2, 0.25) is 0 Å². The minimum atomic E-state index is 0.400. The van der Waals surface area contributed by atoms with Crippen LogP contribution in [0, 0.1) is 5.92 Å². The largest absolute Gasteiger partial charge is 0.377 e. The number of rotatable bonds is 1. The SMILES string of the molecule is CC(C)N1C[C@@H](C)CO[C@H](C)C1. The van der Waals surface area contributed by atoms with Crippen LogP contribution in [0.4, 0.5) is 0 Å². The van der Waals surface area contributed by atoms with Crippen molar-refractivity contribution in [2.45, 2.75) is 39.8 Å². The molecule has 2 atom stereocenters. The van der Waals surface area contributed by atoms with Gasteiger partial charge in [0, 0.05) is 19.1 Å². The van der Waals surface area contributed by atoms with Crippen molar-refractivity contribution < 1.29 is 4.74 Å². The molecule has 1 rings (SSSR count). The zero-order valence-electron chi connectivity index (χ0n) is 8.71. The summed E-state index contributed by atoms with van der Waals surface area (Å²) in [5.74, 6) is 0.678. The molecule has 0 aromatic carbocycles. The average molecular weight is 171 g/mol. The van der Waals surface area contributed by atoms with Gasteiger partial charge in [0.2, 0.25) is 0 Å². The summed E-state index contributed by atoms with van der Waals surface area (Å²) in [6, 6.07) is 0.650. The fraction of sp³-hybridized carbons (Fsp3) is 1.00. The monoisotopic (exact) mass is 171 g/mol. The van der Waals surface area contributed by atoms with E-state index in [1.807, 2.05) is 0 Å². The summed E-state index contributed by atoms with van der Waals surface area (Å²) in [4.78, 5) is 2.50. The van der Waals surface area contributed by atoms with E-state index in [0.717, 1.165) is 13.2 Å². The lowest BCUT2D eigenvalue weighted by Crippen LogP contribution is -2.37. The molecular weight excluding hydrogens is 150 g/mol. The second-order valence-corrected chi connectivity index (χ2v) is 4.30. The maximum Gasteiger partial charge on any atom is 0.0674 e. The first-order valence-electron chi connectivity index (χ1n) is 4.95. The van der Waals surface area contributed by atoms with Crippen molar-refractivity contribution in [1.82, 2.24) is 4.90 Å². The molecule has 0 unspecified atom stereocenters. The average Bonchev–Trinajstić information content (AvgIpc) is 2.13. The Balaban J connectivity index is 2.49. The van der Waals surface area contributed by atoms with Gasteiger partial charge in [-0.05, 0) is 26.7 Å². The Morgan fingerprint density at radius 1 is 1.25 bits per heavy atom. The molecular formula is C10H21NO. The lowest BCUT2D eigenvalue weighted by Gasteiger charge is -2.26. The number of hydrogen-bond acceptors (Lipinski definition) is 2. The molecule has 0 radical (unpaired) electrons. The Kier molecular flexibility index (Phi) is 3.53. The van der Waals surface area contributed by atoms with Crippen molar-refractivity contribution in [2.75, 3.05) is 19.7 Å². The molecule has 1 aliphatic heterocycles. The van der Waals surface area contributed by atoms with Gasteiger partial charge in [0.1, 0.15) is 0 Å². The predicted octanol–water partition coefficient (Wildman–Crippen LogP) is 1.75. The molecule has 0 aliphatic carbocycles. The second-order valence-electron chi connectivity index (χ2n) is 4.30. The summed E-state index contributed by atoms with van der Waals surface area (Å²) >= 11 is 0. The molecule has 0 amide bonds. The normalized spacial score (nSPS) is 33.8. The van der Waals surface area contributed by atoms with Crippen molar-refractivity contribution in [3.8, 4) is 0 Å². The Labute approximate surface area is 75.9 Å². The zero-order valence-corrected chi connectivity index (χ0v) is 8.71. The van der Waals surface area contributed by atoms with E-state index >= 15 is 0 Å². The quantitative estimate of drug-likeness (QED) is 0.596. The van der Waals surface area contributed by atoms with Gasteiger partial charge in [0.25, 0.3) is 0 Å². The molecule has 2 nitrogen and oxygen atoms in total. The van der Waals surface area contributed by atoms with Crippen LogP contribution in [0.3, 0.4) is 0 Å². The molecule has 0 spiro atoms. The third-order valence-electron chi connectivity index (χ3n) is 2.43.